The first-order chi connectivity index (χ1) is 11.7. The van der Waals surface area contributed by atoms with Crippen molar-refractivity contribution in [2.45, 2.75) is 6.61 Å². The molecule has 0 radical (unpaired) electrons. The molecule has 0 N–H and O–H groups in total. The minimum atomic E-state index is -0.737. The summed E-state index contributed by atoms with van der Waals surface area (Å²) in [5.74, 6) is -2.10. The summed E-state index contributed by atoms with van der Waals surface area (Å²) in [5, 5.41) is 0. The molecule has 2 nitrogen and oxygen atoms in total. The van der Waals surface area contributed by atoms with Crippen LogP contribution in [0.25, 0.3) is 11.1 Å². The predicted octanol–water partition coefficient (Wildman–Crippen LogP) is 4.99. The van der Waals surface area contributed by atoms with Crippen molar-refractivity contribution in [3.63, 3.8) is 0 Å². The zero-order chi connectivity index (χ0) is 16.9. The second-order valence-electron chi connectivity index (χ2n) is 5.19. The zero-order valence-corrected chi connectivity index (χ0v) is 12.7. The van der Waals surface area contributed by atoms with Gasteiger partial charge in [0.05, 0.1) is 11.1 Å². The zero-order valence-electron chi connectivity index (χ0n) is 12.7. The highest BCUT2D eigenvalue weighted by Gasteiger charge is 2.16. The van der Waals surface area contributed by atoms with E-state index in [-0.39, 0.29) is 5.56 Å². The first-order valence-corrected chi connectivity index (χ1v) is 7.41. The molecule has 4 heteroatoms. The van der Waals surface area contributed by atoms with Crippen LogP contribution in [0.15, 0.2) is 72.8 Å². The molecule has 0 unspecified atom stereocenters. The highest BCUT2D eigenvalue weighted by atomic mass is 19.1. The standard InChI is InChI=1S/C20H14F2O2/c21-18-11-6-12-19(22)17(18)13-24-20(23)16-10-5-4-9-15(16)14-7-2-1-3-8-14/h1-12H,13H2. The van der Waals surface area contributed by atoms with Gasteiger partial charge in [0.1, 0.15) is 18.2 Å². The Bertz CT molecular complexity index is 840. The van der Waals surface area contributed by atoms with Crippen molar-refractivity contribution in [1.82, 2.24) is 0 Å². The van der Waals surface area contributed by atoms with Gasteiger partial charge >= 0.3 is 5.97 Å². The maximum absolute atomic E-state index is 13.6. The topological polar surface area (TPSA) is 26.3 Å². The highest BCUT2D eigenvalue weighted by molar-refractivity contribution is 5.97. The van der Waals surface area contributed by atoms with Crippen LogP contribution in [-0.2, 0) is 11.3 Å². The lowest BCUT2D eigenvalue weighted by molar-refractivity contribution is 0.0466. The SMILES string of the molecule is O=C(OCc1c(F)cccc1F)c1ccccc1-c1ccccc1. The molecule has 0 saturated heterocycles. The van der Waals surface area contributed by atoms with Gasteiger partial charge in [-0.15, -0.1) is 0 Å². The molecule has 0 amide bonds. The van der Waals surface area contributed by atoms with Gasteiger partial charge in [0.15, 0.2) is 0 Å². The number of hydrogen-bond acceptors (Lipinski definition) is 2. The number of carbonyl (C=O) groups is 1. The minimum absolute atomic E-state index is 0.261. The van der Waals surface area contributed by atoms with E-state index in [0.717, 1.165) is 17.7 Å². The molecule has 0 aromatic heterocycles. The van der Waals surface area contributed by atoms with Crippen LogP contribution in [-0.4, -0.2) is 5.97 Å². The third-order valence-corrected chi connectivity index (χ3v) is 3.64. The molecular formula is C20H14F2O2. The molecule has 3 aromatic carbocycles. The van der Waals surface area contributed by atoms with Crippen molar-refractivity contribution in [1.29, 1.82) is 0 Å². The van der Waals surface area contributed by atoms with Crippen LogP contribution < -0.4 is 0 Å². The van der Waals surface area contributed by atoms with E-state index in [1.807, 2.05) is 36.4 Å². The van der Waals surface area contributed by atoms with Crippen molar-refractivity contribution in [2.75, 3.05) is 0 Å². The quantitative estimate of drug-likeness (QED) is 0.632. The van der Waals surface area contributed by atoms with Gasteiger partial charge in [-0.25, -0.2) is 13.6 Å². The Kier molecular flexibility index (Phi) is 4.66. The van der Waals surface area contributed by atoms with Gasteiger partial charge in [-0.3, -0.25) is 0 Å². The molecule has 120 valence electrons. The number of carbonyl (C=O) groups excluding carboxylic acids is 1. The summed E-state index contributed by atoms with van der Waals surface area (Å²) in [6.45, 7) is -0.458. The number of benzene rings is 3. The average molecular weight is 324 g/mol. The second-order valence-corrected chi connectivity index (χ2v) is 5.19. The summed E-state index contributed by atoms with van der Waals surface area (Å²) in [6, 6.07) is 19.9. The molecule has 3 rings (SSSR count). The fourth-order valence-corrected chi connectivity index (χ4v) is 2.42. The van der Waals surface area contributed by atoms with Crippen LogP contribution in [0, 0.1) is 11.6 Å². The van der Waals surface area contributed by atoms with Crippen LogP contribution in [0.1, 0.15) is 15.9 Å². The predicted molar refractivity (Wildman–Crippen MR) is 87.4 cm³/mol. The Morgan fingerprint density at radius 2 is 1.42 bits per heavy atom. The minimum Gasteiger partial charge on any atom is -0.457 e. The van der Waals surface area contributed by atoms with Crippen molar-refractivity contribution in [3.8, 4) is 11.1 Å². The molecule has 0 bridgehead atoms. The summed E-state index contributed by atoms with van der Waals surface area (Å²) < 4.78 is 32.4. The van der Waals surface area contributed by atoms with Crippen LogP contribution in [0.5, 0.6) is 0 Å². The van der Waals surface area contributed by atoms with E-state index in [4.69, 9.17) is 4.74 Å². The normalized spacial score (nSPS) is 10.4. The van der Waals surface area contributed by atoms with E-state index in [9.17, 15) is 13.6 Å². The van der Waals surface area contributed by atoms with Gasteiger partial charge in [-0.05, 0) is 29.3 Å². The Labute approximate surface area is 138 Å². The summed E-state index contributed by atoms with van der Waals surface area (Å²) >= 11 is 0. The van der Waals surface area contributed by atoms with Crippen LogP contribution in [0.4, 0.5) is 8.78 Å². The van der Waals surface area contributed by atoms with Crippen LogP contribution >= 0.6 is 0 Å². The molecule has 0 spiro atoms. The number of ether oxygens (including phenoxy) is 1. The molecule has 0 saturated carbocycles. The maximum Gasteiger partial charge on any atom is 0.339 e. The van der Waals surface area contributed by atoms with Crippen molar-refractivity contribution < 1.29 is 18.3 Å². The molecule has 0 heterocycles. The Hall–Kier alpha value is -3.01. The first-order valence-electron chi connectivity index (χ1n) is 7.41. The largest absolute Gasteiger partial charge is 0.457 e. The van der Waals surface area contributed by atoms with Gasteiger partial charge < -0.3 is 4.74 Å². The Balaban J connectivity index is 1.84. The van der Waals surface area contributed by atoms with Crippen LogP contribution in [0.3, 0.4) is 0 Å². The maximum atomic E-state index is 13.6. The van der Waals surface area contributed by atoms with Gasteiger partial charge in [0, 0.05) is 0 Å². The number of rotatable bonds is 4. The molecule has 0 atom stereocenters. The number of esters is 1. The lowest BCUT2D eigenvalue weighted by Gasteiger charge is -2.10. The van der Waals surface area contributed by atoms with Crippen molar-refractivity contribution in [3.05, 3.63) is 95.6 Å². The third kappa shape index (κ3) is 3.33. The Morgan fingerprint density at radius 1 is 0.792 bits per heavy atom. The van der Waals surface area contributed by atoms with Crippen molar-refractivity contribution >= 4 is 5.97 Å². The number of halogens is 2. The summed E-state index contributed by atoms with van der Waals surface area (Å²) in [6.07, 6.45) is 0. The van der Waals surface area contributed by atoms with Gasteiger partial charge in [-0.1, -0.05) is 54.6 Å². The molecule has 3 aromatic rings. The van der Waals surface area contributed by atoms with E-state index in [1.165, 1.54) is 6.07 Å². The summed E-state index contributed by atoms with van der Waals surface area (Å²) in [7, 11) is 0. The smallest absolute Gasteiger partial charge is 0.339 e. The van der Waals surface area contributed by atoms with Gasteiger partial charge in [-0.2, -0.15) is 0 Å². The van der Waals surface area contributed by atoms with E-state index in [1.54, 1.807) is 18.2 Å². The summed E-state index contributed by atoms with van der Waals surface area (Å²) in [5.41, 5.74) is 1.66. The lowest BCUT2D eigenvalue weighted by atomic mass is 10.00. The van der Waals surface area contributed by atoms with Crippen molar-refractivity contribution in [2.24, 2.45) is 0 Å². The average Bonchev–Trinajstić information content (AvgIpc) is 2.62. The lowest BCUT2D eigenvalue weighted by Crippen LogP contribution is -2.09. The Morgan fingerprint density at radius 3 is 2.12 bits per heavy atom. The fraction of sp³-hybridized carbons (Fsp3) is 0.0500. The molecule has 0 aliphatic rings. The van der Waals surface area contributed by atoms with Crippen LogP contribution in [0.2, 0.25) is 0 Å². The van der Waals surface area contributed by atoms with E-state index < -0.39 is 24.2 Å². The third-order valence-electron chi connectivity index (χ3n) is 3.64. The monoisotopic (exact) mass is 324 g/mol. The van der Waals surface area contributed by atoms with Gasteiger partial charge in [0.25, 0.3) is 0 Å². The fourth-order valence-electron chi connectivity index (χ4n) is 2.42. The molecule has 0 aliphatic carbocycles. The molecule has 0 aliphatic heterocycles. The first kappa shape index (κ1) is 15.9. The molecule has 0 fully saturated rings. The van der Waals surface area contributed by atoms with Gasteiger partial charge in [0.2, 0.25) is 0 Å². The number of hydrogen-bond donors (Lipinski definition) is 0. The molecule has 24 heavy (non-hydrogen) atoms. The highest BCUT2D eigenvalue weighted by Crippen LogP contribution is 2.24. The van der Waals surface area contributed by atoms with E-state index in [2.05, 4.69) is 0 Å². The second kappa shape index (κ2) is 7.04. The molecular weight excluding hydrogens is 310 g/mol. The van der Waals surface area contributed by atoms with E-state index in [0.29, 0.717) is 11.1 Å². The van der Waals surface area contributed by atoms with E-state index >= 15 is 0 Å². The summed E-state index contributed by atoms with van der Waals surface area (Å²) in [4.78, 5) is 12.4.